The SMILES string of the molecule is O=C(Nc1ccnc(Cl)c1)c1ncn[nH]1. The van der Waals surface area contributed by atoms with Crippen LogP contribution in [0.4, 0.5) is 5.69 Å². The lowest BCUT2D eigenvalue weighted by molar-refractivity contribution is 0.101. The molecule has 7 heteroatoms. The van der Waals surface area contributed by atoms with Gasteiger partial charge in [-0.2, -0.15) is 5.10 Å². The number of aromatic amines is 1. The highest BCUT2D eigenvalue weighted by molar-refractivity contribution is 6.29. The summed E-state index contributed by atoms with van der Waals surface area (Å²) in [5, 5.41) is 8.92. The van der Waals surface area contributed by atoms with Gasteiger partial charge in [-0.15, -0.1) is 0 Å². The minimum Gasteiger partial charge on any atom is -0.319 e. The fourth-order valence-corrected chi connectivity index (χ4v) is 1.16. The Bertz CT molecular complexity index is 470. The van der Waals surface area contributed by atoms with Gasteiger partial charge >= 0.3 is 0 Å². The second kappa shape index (κ2) is 4.05. The summed E-state index contributed by atoms with van der Waals surface area (Å²) in [5.41, 5.74) is 0.552. The zero-order valence-electron chi connectivity index (χ0n) is 7.44. The summed E-state index contributed by atoms with van der Waals surface area (Å²) in [6.07, 6.45) is 2.76. The molecule has 0 unspecified atom stereocenters. The highest BCUT2D eigenvalue weighted by Gasteiger charge is 2.08. The number of halogens is 1. The van der Waals surface area contributed by atoms with E-state index < -0.39 is 0 Å². The second-order valence-electron chi connectivity index (χ2n) is 2.66. The van der Waals surface area contributed by atoms with Crippen LogP contribution in [-0.2, 0) is 0 Å². The zero-order valence-corrected chi connectivity index (χ0v) is 8.19. The van der Waals surface area contributed by atoms with E-state index >= 15 is 0 Å². The third-order valence-electron chi connectivity index (χ3n) is 1.61. The quantitative estimate of drug-likeness (QED) is 0.747. The van der Waals surface area contributed by atoms with Gasteiger partial charge in [-0.05, 0) is 12.1 Å². The lowest BCUT2D eigenvalue weighted by atomic mass is 10.4. The van der Waals surface area contributed by atoms with Crippen molar-refractivity contribution in [2.75, 3.05) is 5.32 Å². The number of hydrogen-bond donors (Lipinski definition) is 2. The maximum absolute atomic E-state index is 11.5. The van der Waals surface area contributed by atoms with Crippen molar-refractivity contribution in [2.45, 2.75) is 0 Å². The summed E-state index contributed by atoms with van der Waals surface area (Å²) in [6.45, 7) is 0. The van der Waals surface area contributed by atoms with Crippen molar-refractivity contribution in [1.29, 1.82) is 0 Å². The molecule has 0 aliphatic carbocycles. The molecule has 0 bridgehead atoms. The largest absolute Gasteiger partial charge is 0.319 e. The van der Waals surface area contributed by atoms with Crippen LogP contribution in [0.2, 0.25) is 5.15 Å². The lowest BCUT2D eigenvalue weighted by Gasteiger charge is -2.01. The van der Waals surface area contributed by atoms with E-state index in [4.69, 9.17) is 11.6 Å². The second-order valence-corrected chi connectivity index (χ2v) is 3.04. The molecule has 0 saturated heterocycles. The van der Waals surface area contributed by atoms with Gasteiger partial charge in [-0.25, -0.2) is 9.97 Å². The average Bonchev–Trinajstić information content (AvgIpc) is 2.70. The lowest BCUT2D eigenvalue weighted by Crippen LogP contribution is -2.13. The first kappa shape index (κ1) is 9.60. The van der Waals surface area contributed by atoms with E-state index in [1.165, 1.54) is 18.6 Å². The molecule has 0 saturated carbocycles. The van der Waals surface area contributed by atoms with E-state index in [1.807, 2.05) is 0 Å². The van der Waals surface area contributed by atoms with Crippen LogP contribution in [0.5, 0.6) is 0 Å². The number of nitrogens with zero attached hydrogens (tertiary/aromatic N) is 3. The number of rotatable bonds is 2. The van der Waals surface area contributed by atoms with Crippen LogP contribution in [0.3, 0.4) is 0 Å². The Balaban J connectivity index is 2.13. The molecule has 6 nitrogen and oxygen atoms in total. The summed E-state index contributed by atoms with van der Waals surface area (Å²) < 4.78 is 0. The number of H-pyrrole nitrogens is 1. The number of pyridine rings is 1. The van der Waals surface area contributed by atoms with Crippen LogP contribution in [0.15, 0.2) is 24.7 Å². The maximum Gasteiger partial charge on any atom is 0.292 e. The van der Waals surface area contributed by atoms with E-state index in [-0.39, 0.29) is 11.7 Å². The highest BCUT2D eigenvalue weighted by atomic mass is 35.5. The number of nitrogens with one attached hydrogen (secondary N) is 2. The van der Waals surface area contributed by atoms with Gasteiger partial charge in [0.05, 0.1) is 0 Å². The van der Waals surface area contributed by atoms with Crippen LogP contribution in [0.25, 0.3) is 0 Å². The number of amides is 1. The summed E-state index contributed by atoms with van der Waals surface area (Å²) in [7, 11) is 0. The van der Waals surface area contributed by atoms with E-state index in [0.29, 0.717) is 10.8 Å². The standard InChI is InChI=1S/C8H6ClN5O/c9-6-3-5(1-2-10-6)13-8(15)7-11-4-12-14-7/h1-4H,(H,10,13,15)(H,11,12,14). The Kier molecular flexibility index (Phi) is 2.59. The molecular weight excluding hydrogens is 218 g/mol. The fraction of sp³-hybridized carbons (Fsp3) is 0. The van der Waals surface area contributed by atoms with Crippen molar-refractivity contribution >= 4 is 23.2 Å². The Morgan fingerprint density at radius 1 is 1.47 bits per heavy atom. The molecule has 2 aromatic heterocycles. The Morgan fingerprint density at radius 2 is 2.33 bits per heavy atom. The number of aromatic nitrogens is 4. The first-order valence-corrected chi connectivity index (χ1v) is 4.42. The molecule has 0 radical (unpaired) electrons. The fourth-order valence-electron chi connectivity index (χ4n) is 0.985. The van der Waals surface area contributed by atoms with Crippen LogP contribution in [-0.4, -0.2) is 26.1 Å². The molecule has 0 fully saturated rings. The predicted molar refractivity (Wildman–Crippen MR) is 53.6 cm³/mol. The van der Waals surface area contributed by atoms with Gasteiger partial charge in [0, 0.05) is 11.9 Å². The van der Waals surface area contributed by atoms with E-state index in [0.717, 1.165) is 0 Å². The van der Waals surface area contributed by atoms with Crippen LogP contribution < -0.4 is 5.32 Å². The van der Waals surface area contributed by atoms with E-state index in [2.05, 4.69) is 25.5 Å². The van der Waals surface area contributed by atoms with Gasteiger partial charge < -0.3 is 5.32 Å². The van der Waals surface area contributed by atoms with Crippen molar-refractivity contribution < 1.29 is 4.79 Å². The van der Waals surface area contributed by atoms with E-state index in [1.54, 1.807) is 6.07 Å². The molecule has 15 heavy (non-hydrogen) atoms. The summed E-state index contributed by atoms with van der Waals surface area (Å²) >= 11 is 5.66. The first-order valence-electron chi connectivity index (χ1n) is 4.04. The molecule has 0 aromatic carbocycles. The normalized spacial score (nSPS) is 9.93. The molecular formula is C8H6ClN5O. The number of anilines is 1. The summed E-state index contributed by atoms with van der Waals surface area (Å²) in [5.74, 6) is -0.238. The van der Waals surface area contributed by atoms with Gasteiger partial charge in [-0.1, -0.05) is 11.6 Å². The van der Waals surface area contributed by atoms with Crippen molar-refractivity contribution in [1.82, 2.24) is 20.2 Å². The van der Waals surface area contributed by atoms with Crippen molar-refractivity contribution in [3.63, 3.8) is 0 Å². The van der Waals surface area contributed by atoms with Gasteiger partial charge in [0.2, 0.25) is 5.82 Å². The molecule has 0 spiro atoms. The molecule has 2 heterocycles. The molecule has 1 amide bonds. The Morgan fingerprint density at radius 3 is 3.00 bits per heavy atom. The monoisotopic (exact) mass is 223 g/mol. The van der Waals surface area contributed by atoms with Gasteiger partial charge in [0.15, 0.2) is 0 Å². The Labute approximate surface area is 89.7 Å². The van der Waals surface area contributed by atoms with Crippen molar-refractivity contribution in [2.24, 2.45) is 0 Å². The topological polar surface area (TPSA) is 83.6 Å². The minimum atomic E-state index is -0.380. The predicted octanol–water partition coefficient (Wildman–Crippen LogP) is 1.11. The molecule has 0 aliphatic rings. The Hall–Kier alpha value is -1.95. The van der Waals surface area contributed by atoms with E-state index in [9.17, 15) is 4.79 Å². The number of carbonyl (C=O) groups is 1. The molecule has 2 N–H and O–H groups in total. The molecule has 0 aliphatic heterocycles. The zero-order chi connectivity index (χ0) is 10.7. The van der Waals surface area contributed by atoms with Crippen LogP contribution in [0, 0.1) is 0 Å². The number of carbonyl (C=O) groups excluding carboxylic acids is 1. The maximum atomic E-state index is 11.5. The molecule has 76 valence electrons. The van der Waals surface area contributed by atoms with Gasteiger partial charge in [0.25, 0.3) is 5.91 Å². The minimum absolute atomic E-state index is 0.142. The first-order chi connectivity index (χ1) is 7.25. The molecule has 0 atom stereocenters. The van der Waals surface area contributed by atoms with Crippen molar-refractivity contribution in [3.05, 3.63) is 35.6 Å². The third kappa shape index (κ3) is 2.29. The summed E-state index contributed by atoms with van der Waals surface area (Å²) in [4.78, 5) is 19.0. The smallest absolute Gasteiger partial charge is 0.292 e. The summed E-state index contributed by atoms with van der Waals surface area (Å²) in [6, 6.07) is 3.16. The highest BCUT2D eigenvalue weighted by Crippen LogP contribution is 2.12. The molecule has 2 aromatic rings. The van der Waals surface area contributed by atoms with Crippen molar-refractivity contribution in [3.8, 4) is 0 Å². The van der Waals surface area contributed by atoms with Gasteiger partial charge in [0.1, 0.15) is 11.5 Å². The van der Waals surface area contributed by atoms with Crippen LogP contribution >= 0.6 is 11.6 Å². The van der Waals surface area contributed by atoms with Crippen LogP contribution in [0.1, 0.15) is 10.6 Å². The van der Waals surface area contributed by atoms with Gasteiger partial charge in [-0.3, -0.25) is 9.89 Å². The number of hydrogen-bond acceptors (Lipinski definition) is 4. The molecule has 2 rings (SSSR count). The average molecular weight is 224 g/mol. The third-order valence-corrected chi connectivity index (χ3v) is 1.82.